The van der Waals surface area contributed by atoms with Crippen LogP contribution >= 0.6 is 0 Å². The van der Waals surface area contributed by atoms with Gasteiger partial charge in [0, 0.05) is 0 Å². The molecule has 0 aliphatic carbocycles. The zero-order valence-corrected chi connectivity index (χ0v) is 25.1. The third-order valence-corrected chi connectivity index (χ3v) is 9.13. The number of rotatable bonds is 5. The molecule has 4 aromatic rings. The second-order valence-corrected chi connectivity index (χ2v) is 11.5. The number of nitrogens with zero attached hydrogens (tertiary/aromatic N) is 4. The maximum atomic E-state index is 11.8. The van der Waals surface area contributed by atoms with Crippen molar-refractivity contribution in [1.82, 2.24) is 14.7 Å². The van der Waals surface area contributed by atoms with Crippen molar-refractivity contribution in [2.45, 2.75) is 6.92 Å². The summed E-state index contributed by atoms with van der Waals surface area (Å²) >= 11 is 0. The van der Waals surface area contributed by atoms with Gasteiger partial charge >= 0.3 is 12.1 Å². The van der Waals surface area contributed by atoms with E-state index >= 15 is 0 Å². The van der Waals surface area contributed by atoms with Gasteiger partial charge in [-0.2, -0.15) is 21.9 Å². The fraction of sp³-hybridized carbons (Fsp3) is 0.278. The number of carbonyl (C=O) groups excluding carboxylic acids is 1. The van der Waals surface area contributed by atoms with E-state index in [-0.39, 0.29) is 6.09 Å². The molecule has 4 aromatic carbocycles. The highest BCUT2D eigenvalue weighted by atomic mass is 16.6. The molecule has 0 unspecified atom stereocenters. The molecular formula is C36H41BN4O2. The summed E-state index contributed by atoms with van der Waals surface area (Å²) in [5.74, 6) is 1.39. The summed E-state index contributed by atoms with van der Waals surface area (Å²) in [6.45, 7) is 10.1. The van der Waals surface area contributed by atoms with Crippen LogP contribution in [-0.2, 0) is 4.74 Å². The fourth-order valence-corrected chi connectivity index (χ4v) is 7.13. The predicted octanol–water partition coefficient (Wildman–Crippen LogP) is 2.52. The monoisotopic (exact) mass is 572 g/mol. The van der Waals surface area contributed by atoms with E-state index in [0.29, 0.717) is 6.61 Å². The largest absolute Gasteiger partial charge is 0.450 e. The number of hydrogen-bond donors (Lipinski definition) is 0. The zero-order chi connectivity index (χ0) is 29.5. The van der Waals surface area contributed by atoms with E-state index in [2.05, 4.69) is 136 Å². The summed E-state index contributed by atoms with van der Waals surface area (Å²) < 4.78 is 7.56. The first-order valence-electron chi connectivity index (χ1n) is 15.6. The van der Waals surface area contributed by atoms with Crippen molar-refractivity contribution >= 4 is 40.0 Å². The molecule has 7 heteroatoms. The summed E-state index contributed by atoms with van der Waals surface area (Å²) in [4.78, 5) is 18.4. The first-order chi connectivity index (χ1) is 21.2. The van der Waals surface area contributed by atoms with Crippen LogP contribution in [0.3, 0.4) is 0 Å². The topological polar surface area (TPSA) is 39.0 Å². The fourth-order valence-electron chi connectivity index (χ4n) is 7.13. The second-order valence-electron chi connectivity index (χ2n) is 11.5. The molecule has 1 saturated heterocycles. The summed E-state index contributed by atoms with van der Waals surface area (Å²) in [6, 6.07) is 43.5. The van der Waals surface area contributed by atoms with Crippen molar-refractivity contribution in [3.63, 3.8) is 0 Å². The van der Waals surface area contributed by atoms with E-state index in [4.69, 9.17) is 4.74 Å². The van der Waals surface area contributed by atoms with Crippen LogP contribution in [-0.4, -0.2) is 96.4 Å². The molecule has 3 aliphatic rings. The van der Waals surface area contributed by atoms with E-state index in [1.54, 1.807) is 0 Å². The van der Waals surface area contributed by atoms with Gasteiger partial charge in [0.15, 0.2) is 0 Å². The Morgan fingerprint density at radius 1 is 0.605 bits per heavy atom. The third kappa shape index (κ3) is 5.76. The van der Waals surface area contributed by atoms with Gasteiger partial charge in [-0.15, -0.1) is 0 Å². The van der Waals surface area contributed by atoms with Gasteiger partial charge in [-0.05, 0) is 6.92 Å². The van der Waals surface area contributed by atoms with Crippen molar-refractivity contribution in [1.29, 1.82) is 0 Å². The quantitative estimate of drug-likeness (QED) is 0.272. The van der Waals surface area contributed by atoms with Gasteiger partial charge in [0.05, 0.1) is 59.0 Å². The van der Waals surface area contributed by atoms with Crippen LogP contribution in [0.15, 0.2) is 121 Å². The Morgan fingerprint density at radius 3 is 1.33 bits per heavy atom. The number of ether oxygens (including phenoxy) is 1. The highest BCUT2D eigenvalue weighted by Crippen LogP contribution is 2.15. The summed E-state index contributed by atoms with van der Waals surface area (Å²) in [6.07, 6.45) is -1.39. The normalized spacial score (nSPS) is 16.2. The zero-order valence-electron chi connectivity index (χ0n) is 25.1. The molecule has 0 aromatic heterocycles. The average Bonchev–Trinajstić information content (AvgIpc) is 3.64. The molecule has 0 saturated carbocycles. The van der Waals surface area contributed by atoms with Crippen molar-refractivity contribution in [3.05, 3.63) is 121 Å². The molecule has 220 valence electrons. The molecule has 43 heavy (non-hydrogen) atoms. The van der Waals surface area contributed by atoms with Crippen molar-refractivity contribution in [2.24, 2.45) is 0 Å². The predicted molar refractivity (Wildman–Crippen MR) is 177 cm³/mol. The molecule has 6 nitrogen and oxygen atoms in total. The average molecular weight is 573 g/mol. The highest BCUT2D eigenvalue weighted by Gasteiger charge is 2.41. The van der Waals surface area contributed by atoms with Crippen molar-refractivity contribution in [2.75, 3.05) is 59.0 Å². The molecule has 0 atom stereocenters. The first kappa shape index (κ1) is 28.6. The Labute approximate surface area is 255 Å². The van der Waals surface area contributed by atoms with Crippen molar-refractivity contribution < 1.29 is 14.1 Å². The van der Waals surface area contributed by atoms with Gasteiger partial charge in [0.25, 0.3) is 0 Å². The van der Waals surface area contributed by atoms with Gasteiger partial charge in [-0.1, -0.05) is 121 Å². The minimum absolute atomic E-state index is 0.170. The van der Waals surface area contributed by atoms with Crippen LogP contribution < -0.4 is 21.9 Å². The minimum atomic E-state index is -1.22. The van der Waals surface area contributed by atoms with Gasteiger partial charge in [0.2, 0.25) is 0 Å². The van der Waals surface area contributed by atoms with E-state index in [9.17, 15) is 4.79 Å². The lowest BCUT2D eigenvalue weighted by molar-refractivity contribution is -0.508. The molecule has 1 fully saturated rings. The van der Waals surface area contributed by atoms with Gasteiger partial charge in [-0.3, -0.25) is 14.4 Å². The Bertz CT molecular complexity index is 1330. The van der Waals surface area contributed by atoms with Crippen molar-refractivity contribution in [3.8, 4) is 0 Å². The Morgan fingerprint density at radius 2 is 0.977 bits per heavy atom. The van der Waals surface area contributed by atoms with E-state index in [1.807, 2.05) is 11.8 Å². The maximum Gasteiger partial charge on any atom is 0.409 e. The molecule has 0 N–H and O–H groups in total. The van der Waals surface area contributed by atoms with Crippen LogP contribution in [0.1, 0.15) is 6.92 Å². The lowest BCUT2D eigenvalue weighted by Gasteiger charge is -2.44. The summed E-state index contributed by atoms with van der Waals surface area (Å²) in [5, 5.41) is 0. The first-order valence-corrected chi connectivity index (χ1v) is 15.6. The molecule has 3 aliphatic heterocycles. The van der Waals surface area contributed by atoms with Crippen LogP contribution in [0, 0.1) is 0 Å². The van der Waals surface area contributed by atoms with Gasteiger partial charge in [0.1, 0.15) is 6.15 Å². The number of benzene rings is 4. The third-order valence-electron chi connectivity index (χ3n) is 9.13. The molecule has 7 rings (SSSR count). The van der Waals surface area contributed by atoms with Crippen LogP contribution in [0.25, 0.3) is 0 Å². The number of guanidine groups is 1. The maximum absolute atomic E-state index is 11.8. The molecule has 3 heterocycles. The van der Waals surface area contributed by atoms with Crippen LogP contribution in [0.4, 0.5) is 4.79 Å². The highest BCUT2D eigenvalue weighted by molar-refractivity contribution is 7.19. The standard InChI is InChI=1S/C24H20B.C12H21N4O2/c1-5-13-21(14-6-1)25(22-15-7-2-8-16-22,23-17-9-3-10-18-23)24-19-11-4-12-20-24;1-2-18-12(17)16-9-7-14-5-3-13-4-6-15(8-10-16)11(13)14/h1-20H;2-10H2,1H3/q-1;+1. The lowest BCUT2D eigenvalue weighted by Crippen LogP contribution is -2.74. The Kier molecular flexibility index (Phi) is 8.78. The van der Waals surface area contributed by atoms with E-state index < -0.39 is 6.15 Å². The molecule has 0 bridgehead atoms. The number of hydrogen-bond acceptors (Lipinski definition) is 4. The molecule has 1 amide bonds. The van der Waals surface area contributed by atoms with Gasteiger partial charge in [-0.25, -0.2) is 4.79 Å². The van der Waals surface area contributed by atoms with E-state index in [0.717, 1.165) is 52.4 Å². The Hall–Kier alpha value is -4.52. The Balaban J connectivity index is 0.000000162. The summed E-state index contributed by atoms with van der Waals surface area (Å²) in [5.41, 5.74) is 5.36. The number of amides is 1. The smallest absolute Gasteiger partial charge is 0.409 e. The molecule has 0 radical (unpaired) electrons. The van der Waals surface area contributed by atoms with Crippen LogP contribution in [0.2, 0.25) is 0 Å². The molecule has 0 spiro atoms. The molecular weight excluding hydrogens is 531 g/mol. The minimum Gasteiger partial charge on any atom is -0.450 e. The SMILES string of the molecule is CCOC(=O)N1CCN2CC[N+]3=C2N(CC1)CC3.c1ccc([B-](c2ccccc2)(c2ccccc2)c2ccccc2)cc1. The van der Waals surface area contributed by atoms with Gasteiger partial charge < -0.3 is 9.64 Å². The van der Waals surface area contributed by atoms with Crippen LogP contribution in [0.5, 0.6) is 0 Å². The second kappa shape index (κ2) is 13.2. The lowest BCUT2D eigenvalue weighted by atomic mass is 9.13. The summed E-state index contributed by atoms with van der Waals surface area (Å²) in [7, 11) is 0. The van der Waals surface area contributed by atoms with E-state index in [1.165, 1.54) is 27.8 Å². The number of carbonyl (C=O) groups is 1.